The zero-order valence-corrected chi connectivity index (χ0v) is 9.79. The number of hydrogen-bond acceptors (Lipinski definition) is 1. The molecule has 1 aliphatic rings. The maximum absolute atomic E-state index is 3.59. The first-order valence-corrected chi connectivity index (χ1v) is 6.06. The van der Waals surface area contributed by atoms with Gasteiger partial charge in [0.25, 0.3) is 0 Å². The minimum absolute atomic E-state index is 0.743. The van der Waals surface area contributed by atoms with Crippen LogP contribution in [0.25, 0.3) is 0 Å². The normalized spacial score (nSPS) is 15.9. The highest BCUT2D eigenvalue weighted by molar-refractivity contribution is 5.27. The molecule has 0 atom stereocenters. The van der Waals surface area contributed by atoms with Gasteiger partial charge >= 0.3 is 0 Å². The largest absolute Gasteiger partial charge is 0.310 e. The molecule has 0 unspecified atom stereocenters. The third-order valence-electron chi connectivity index (χ3n) is 2.91. The highest BCUT2D eigenvalue weighted by Crippen LogP contribution is 2.20. The van der Waals surface area contributed by atoms with E-state index in [9.17, 15) is 0 Å². The lowest BCUT2D eigenvalue weighted by Crippen LogP contribution is -2.16. The van der Waals surface area contributed by atoms with E-state index in [4.69, 9.17) is 0 Å². The van der Waals surface area contributed by atoms with E-state index in [1.165, 1.54) is 30.4 Å². The van der Waals surface area contributed by atoms with E-state index in [0.717, 1.165) is 18.5 Å². The van der Waals surface area contributed by atoms with Crippen molar-refractivity contribution in [1.82, 2.24) is 5.32 Å². The maximum atomic E-state index is 3.59. The van der Waals surface area contributed by atoms with Crippen LogP contribution in [-0.4, -0.2) is 6.04 Å². The summed E-state index contributed by atoms with van der Waals surface area (Å²) in [5.41, 5.74) is 3.00. The Morgan fingerprint density at radius 2 is 1.87 bits per heavy atom. The Balaban J connectivity index is 1.99. The Labute approximate surface area is 92.9 Å². The highest BCUT2D eigenvalue weighted by atomic mass is 14.9. The van der Waals surface area contributed by atoms with Gasteiger partial charge in [-0.15, -0.1) is 0 Å². The summed E-state index contributed by atoms with van der Waals surface area (Å²) in [6.07, 6.45) is 3.93. The second kappa shape index (κ2) is 4.80. The Kier molecular flexibility index (Phi) is 3.42. The molecule has 0 aliphatic heterocycles. The molecule has 1 saturated carbocycles. The van der Waals surface area contributed by atoms with Crippen molar-refractivity contribution in [2.24, 2.45) is 5.92 Å². The first kappa shape index (κ1) is 10.7. The predicted molar refractivity (Wildman–Crippen MR) is 64.8 cm³/mol. The lowest BCUT2D eigenvalue weighted by atomic mass is 9.98. The van der Waals surface area contributed by atoms with Crippen molar-refractivity contribution in [3.63, 3.8) is 0 Å². The van der Waals surface area contributed by atoms with Gasteiger partial charge in [0.15, 0.2) is 0 Å². The van der Waals surface area contributed by atoms with Crippen molar-refractivity contribution in [2.75, 3.05) is 0 Å². The summed E-state index contributed by atoms with van der Waals surface area (Å²) in [6, 6.07) is 9.63. The molecule has 0 radical (unpaired) electrons. The van der Waals surface area contributed by atoms with Gasteiger partial charge in [-0.1, -0.05) is 38.1 Å². The summed E-state index contributed by atoms with van der Waals surface area (Å²) in [6.45, 7) is 5.61. The lowest BCUT2D eigenvalue weighted by Gasteiger charge is -2.11. The van der Waals surface area contributed by atoms with E-state index in [1.807, 2.05) is 0 Å². The van der Waals surface area contributed by atoms with Crippen LogP contribution in [0.3, 0.4) is 0 Å². The fraction of sp³-hybridized carbons (Fsp3) is 0.571. The minimum Gasteiger partial charge on any atom is -0.310 e. The van der Waals surface area contributed by atoms with Gasteiger partial charge < -0.3 is 5.32 Å². The second-order valence-corrected chi connectivity index (χ2v) is 5.02. The Morgan fingerprint density at radius 1 is 1.20 bits per heavy atom. The fourth-order valence-electron chi connectivity index (χ4n) is 1.91. The molecule has 1 aliphatic carbocycles. The average molecular weight is 203 g/mol. The van der Waals surface area contributed by atoms with Crippen molar-refractivity contribution in [3.8, 4) is 0 Å². The van der Waals surface area contributed by atoms with E-state index in [0.29, 0.717) is 0 Å². The van der Waals surface area contributed by atoms with Gasteiger partial charge in [0, 0.05) is 12.6 Å². The van der Waals surface area contributed by atoms with Crippen LogP contribution in [0.4, 0.5) is 0 Å². The molecule has 82 valence electrons. The van der Waals surface area contributed by atoms with Crippen LogP contribution < -0.4 is 5.32 Å². The maximum Gasteiger partial charge on any atom is 0.0210 e. The molecule has 15 heavy (non-hydrogen) atoms. The second-order valence-electron chi connectivity index (χ2n) is 5.02. The van der Waals surface area contributed by atoms with E-state index in [2.05, 4.69) is 43.4 Å². The van der Waals surface area contributed by atoms with Gasteiger partial charge in [-0.25, -0.2) is 0 Å². The minimum atomic E-state index is 0.743. The van der Waals surface area contributed by atoms with Crippen molar-refractivity contribution in [1.29, 1.82) is 0 Å². The third-order valence-corrected chi connectivity index (χ3v) is 2.91. The molecule has 2 rings (SSSR count). The van der Waals surface area contributed by atoms with Crippen LogP contribution >= 0.6 is 0 Å². The zero-order valence-electron chi connectivity index (χ0n) is 9.79. The topological polar surface area (TPSA) is 12.0 Å². The van der Waals surface area contributed by atoms with Crippen LogP contribution in [-0.2, 0) is 13.0 Å². The Hall–Kier alpha value is -0.820. The number of nitrogens with one attached hydrogen (secondary N) is 1. The molecule has 1 fully saturated rings. The molecular weight excluding hydrogens is 182 g/mol. The van der Waals surface area contributed by atoms with Gasteiger partial charge in [-0.05, 0) is 36.3 Å². The average Bonchev–Trinajstić information content (AvgIpc) is 2.99. The fourth-order valence-corrected chi connectivity index (χ4v) is 1.91. The Morgan fingerprint density at radius 3 is 2.47 bits per heavy atom. The molecule has 0 saturated heterocycles. The van der Waals surface area contributed by atoms with E-state index < -0.39 is 0 Å². The number of rotatable bonds is 5. The number of hydrogen-bond donors (Lipinski definition) is 1. The van der Waals surface area contributed by atoms with Gasteiger partial charge in [0.1, 0.15) is 0 Å². The molecular formula is C14H21N. The van der Waals surface area contributed by atoms with E-state index in [-0.39, 0.29) is 0 Å². The van der Waals surface area contributed by atoms with Gasteiger partial charge in [0.05, 0.1) is 0 Å². The monoisotopic (exact) mass is 203 g/mol. The summed E-state index contributed by atoms with van der Waals surface area (Å²) < 4.78 is 0. The zero-order chi connectivity index (χ0) is 10.7. The van der Waals surface area contributed by atoms with Crippen molar-refractivity contribution >= 4 is 0 Å². The standard InChI is InChI=1S/C14H21N/c1-11(2)9-12-5-3-4-6-13(12)10-15-14-7-8-14/h3-6,11,14-15H,7-10H2,1-2H3. The molecule has 0 heterocycles. The molecule has 1 N–H and O–H groups in total. The molecule has 1 aromatic rings. The van der Waals surface area contributed by atoms with Crippen molar-refractivity contribution in [2.45, 2.75) is 45.7 Å². The first-order valence-electron chi connectivity index (χ1n) is 6.06. The van der Waals surface area contributed by atoms with Gasteiger partial charge in [0.2, 0.25) is 0 Å². The molecule has 0 bridgehead atoms. The Bertz CT molecular complexity index is 313. The quantitative estimate of drug-likeness (QED) is 0.775. The summed E-state index contributed by atoms with van der Waals surface area (Å²) in [4.78, 5) is 0. The molecule has 1 heteroatoms. The molecule has 0 aromatic heterocycles. The predicted octanol–water partition coefficient (Wildman–Crippen LogP) is 3.14. The van der Waals surface area contributed by atoms with E-state index in [1.54, 1.807) is 0 Å². The summed E-state index contributed by atoms with van der Waals surface area (Å²) in [5, 5.41) is 3.59. The number of benzene rings is 1. The molecule has 1 aromatic carbocycles. The van der Waals surface area contributed by atoms with Crippen LogP contribution in [0.5, 0.6) is 0 Å². The first-order chi connectivity index (χ1) is 7.25. The molecule has 0 spiro atoms. The molecule has 0 amide bonds. The van der Waals surface area contributed by atoms with Crippen molar-refractivity contribution < 1.29 is 0 Å². The lowest BCUT2D eigenvalue weighted by molar-refractivity contribution is 0.630. The van der Waals surface area contributed by atoms with Crippen LogP contribution in [0.2, 0.25) is 0 Å². The van der Waals surface area contributed by atoms with Crippen LogP contribution in [0, 0.1) is 5.92 Å². The van der Waals surface area contributed by atoms with Crippen molar-refractivity contribution in [3.05, 3.63) is 35.4 Å². The summed E-state index contributed by atoms with van der Waals surface area (Å²) in [5.74, 6) is 0.743. The van der Waals surface area contributed by atoms with E-state index >= 15 is 0 Å². The van der Waals surface area contributed by atoms with Gasteiger partial charge in [-0.2, -0.15) is 0 Å². The summed E-state index contributed by atoms with van der Waals surface area (Å²) in [7, 11) is 0. The summed E-state index contributed by atoms with van der Waals surface area (Å²) >= 11 is 0. The molecule has 1 nitrogen and oxygen atoms in total. The SMILES string of the molecule is CC(C)Cc1ccccc1CNC1CC1. The van der Waals surface area contributed by atoms with Crippen LogP contribution in [0.15, 0.2) is 24.3 Å². The highest BCUT2D eigenvalue weighted by Gasteiger charge is 2.20. The van der Waals surface area contributed by atoms with Crippen LogP contribution in [0.1, 0.15) is 37.8 Å². The smallest absolute Gasteiger partial charge is 0.0210 e. The van der Waals surface area contributed by atoms with Gasteiger partial charge in [-0.3, -0.25) is 0 Å². The third kappa shape index (κ3) is 3.35.